The summed E-state index contributed by atoms with van der Waals surface area (Å²) < 4.78 is 0. The van der Waals surface area contributed by atoms with Gasteiger partial charge in [0.25, 0.3) is 0 Å². The van der Waals surface area contributed by atoms with Crippen LogP contribution in [0, 0.1) is 23.7 Å². The number of carbonyl (C=O) groups is 5. The van der Waals surface area contributed by atoms with E-state index in [1.165, 1.54) is 0 Å². The van der Waals surface area contributed by atoms with E-state index < -0.39 is 58.3 Å². The molecule has 2 aromatic rings. The Bertz CT molecular complexity index is 1450. The monoisotopic (exact) mass is 567 g/mol. The van der Waals surface area contributed by atoms with E-state index in [-0.39, 0.29) is 37.1 Å². The number of amides is 1. The standard InChI is InChI=1S/C29H30ClN3O7/c1-33(2)19-9-15(12-32-11-13-3-5-17(30)6-4-13)24(35)22-18(19)8-14-7-16-10-20(34)23(28(31)39)27(38)29(16,40)26(37)21(14)25(22)36/h3-6,9,14,16,21,23,32,35,40H,7-8,10-12H2,1-2H3,(H2,31,39)/t14-,16+,21?,23?,29+/m1/s1. The molecule has 2 aromatic carbocycles. The molecule has 3 aliphatic carbocycles. The minimum atomic E-state index is -2.67. The van der Waals surface area contributed by atoms with Crippen molar-refractivity contribution in [3.8, 4) is 5.75 Å². The van der Waals surface area contributed by atoms with Crippen molar-refractivity contribution in [1.82, 2.24) is 5.32 Å². The number of hydrogen-bond donors (Lipinski definition) is 4. The lowest BCUT2D eigenvalue weighted by molar-refractivity contribution is -0.175. The van der Waals surface area contributed by atoms with Crippen LogP contribution in [-0.2, 0) is 38.7 Å². The lowest BCUT2D eigenvalue weighted by Gasteiger charge is -2.48. The van der Waals surface area contributed by atoms with Gasteiger partial charge in [-0.3, -0.25) is 24.0 Å². The lowest BCUT2D eigenvalue weighted by atomic mass is 9.53. The number of nitrogens with one attached hydrogen (secondary N) is 1. The molecule has 3 aliphatic rings. The molecule has 0 heterocycles. The summed E-state index contributed by atoms with van der Waals surface area (Å²) in [5.74, 6) is -10.2. The van der Waals surface area contributed by atoms with E-state index in [1.807, 2.05) is 17.0 Å². The van der Waals surface area contributed by atoms with E-state index in [1.54, 1.807) is 32.3 Å². The molecule has 0 bridgehead atoms. The number of primary amides is 1. The number of nitrogens with zero attached hydrogens (tertiary/aromatic N) is 1. The Kier molecular flexibility index (Phi) is 7.06. The molecule has 2 saturated carbocycles. The van der Waals surface area contributed by atoms with Gasteiger partial charge < -0.3 is 26.2 Å². The molecule has 210 valence electrons. The maximum atomic E-state index is 13.9. The zero-order valence-corrected chi connectivity index (χ0v) is 22.8. The molecule has 0 aromatic heterocycles. The van der Waals surface area contributed by atoms with Crippen molar-refractivity contribution >= 4 is 46.3 Å². The Labute approximate surface area is 235 Å². The summed E-state index contributed by atoms with van der Waals surface area (Å²) in [6, 6.07) is 9.07. The Morgan fingerprint density at radius 3 is 2.40 bits per heavy atom. The smallest absolute Gasteiger partial charge is 0.235 e. The predicted molar refractivity (Wildman–Crippen MR) is 145 cm³/mol. The van der Waals surface area contributed by atoms with Crippen LogP contribution >= 0.6 is 11.6 Å². The molecule has 1 amide bonds. The predicted octanol–water partition coefficient (Wildman–Crippen LogP) is 1.34. The summed E-state index contributed by atoms with van der Waals surface area (Å²) >= 11 is 5.95. The second kappa shape index (κ2) is 10.1. The fourth-order valence-corrected chi connectivity index (χ4v) is 6.67. The quantitative estimate of drug-likeness (QED) is 0.376. The molecular weight excluding hydrogens is 538 g/mol. The van der Waals surface area contributed by atoms with Crippen LogP contribution < -0.4 is 16.0 Å². The maximum absolute atomic E-state index is 13.9. The van der Waals surface area contributed by atoms with Gasteiger partial charge in [-0.05, 0) is 48.1 Å². The van der Waals surface area contributed by atoms with E-state index in [0.717, 1.165) is 5.56 Å². The van der Waals surface area contributed by atoms with Crippen molar-refractivity contribution in [2.45, 2.75) is 38.0 Å². The average Bonchev–Trinajstić information content (AvgIpc) is 2.88. The van der Waals surface area contributed by atoms with Crippen molar-refractivity contribution in [2.24, 2.45) is 29.4 Å². The van der Waals surface area contributed by atoms with Crippen molar-refractivity contribution in [3.05, 3.63) is 57.6 Å². The summed E-state index contributed by atoms with van der Waals surface area (Å²) in [5, 5.41) is 26.5. The van der Waals surface area contributed by atoms with Crippen LogP contribution in [0.25, 0.3) is 0 Å². The largest absolute Gasteiger partial charge is 0.507 e. The van der Waals surface area contributed by atoms with Gasteiger partial charge in [0.2, 0.25) is 5.91 Å². The Balaban J connectivity index is 1.50. The minimum Gasteiger partial charge on any atom is -0.507 e. The molecule has 0 radical (unpaired) electrons. The van der Waals surface area contributed by atoms with Crippen LogP contribution in [0.2, 0.25) is 5.02 Å². The number of hydrogen-bond acceptors (Lipinski definition) is 9. The van der Waals surface area contributed by atoms with Crippen molar-refractivity contribution < 1.29 is 34.2 Å². The molecule has 40 heavy (non-hydrogen) atoms. The van der Waals surface area contributed by atoms with E-state index in [9.17, 15) is 34.2 Å². The molecular formula is C29H30ClN3O7. The van der Waals surface area contributed by atoms with Crippen LogP contribution in [0.3, 0.4) is 0 Å². The Morgan fingerprint density at radius 1 is 1.10 bits per heavy atom. The maximum Gasteiger partial charge on any atom is 0.235 e. The molecule has 10 nitrogen and oxygen atoms in total. The topological polar surface area (TPSA) is 167 Å². The molecule has 5 atom stereocenters. The van der Waals surface area contributed by atoms with Crippen LogP contribution in [0.5, 0.6) is 5.75 Å². The van der Waals surface area contributed by atoms with Crippen molar-refractivity contribution in [1.29, 1.82) is 0 Å². The fraction of sp³-hybridized carbons (Fsp3) is 0.414. The number of rotatable bonds is 6. The number of benzene rings is 2. The first kappa shape index (κ1) is 27.9. The van der Waals surface area contributed by atoms with Gasteiger partial charge in [-0.1, -0.05) is 23.7 Å². The van der Waals surface area contributed by atoms with E-state index in [0.29, 0.717) is 28.4 Å². The van der Waals surface area contributed by atoms with Gasteiger partial charge in [0.1, 0.15) is 5.75 Å². The van der Waals surface area contributed by atoms with E-state index >= 15 is 0 Å². The third-order valence-electron chi connectivity index (χ3n) is 8.50. The second-order valence-corrected chi connectivity index (χ2v) is 11.6. The summed E-state index contributed by atoms with van der Waals surface area (Å²) in [4.78, 5) is 66.9. The van der Waals surface area contributed by atoms with E-state index in [4.69, 9.17) is 17.3 Å². The molecule has 2 unspecified atom stereocenters. The van der Waals surface area contributed by atoms with Gasteiger partial charge in [-0.2, -0.15) is 0 Å². The zero-order valence-electron chi connectivity index (χ0n) is 22.1. The first-order valence-electron chi connectivity index (χ1n) is 13.0. The molecule has 5 N–H and O–H groups in total. The molecule has 5 rings (SSSR count). The number of Topliss-reactive ketones (excluding diaryl/α,β-unsaturated/α-hetero) is 4. The second-order valence-electron chi connectivity index (χ2n) is 11.1. The summed E-state index contributed by atoms with van der Waals surface area (Å²) in [5.41, 5.74) is 5.23. The van der Waals surface area contributed by atoms with Gasteiger partial charge in [-0.15, -0.1) is 0 Å². The number of fused-ring (bicyclic) bond motifs is 3. The van der Waals surface area contributed by atoms with E-state index in [2.05, 4.69) is 5.32 Å². The van der Waals surface area contributed by atoms with Gasteiger partial charge in [0, 0.05) is 55.8 Å². The number of ketones is 4. The number of carbonyl (C=O) groups excluding carboxylic acids is 5. The normalized spacial score (nSPS) is 27.6. The first-order valence-corrected chi connectivity index (χ1v) is 13.4. The Morgan fingerprint density at radius 2 is 1.77 bits per heavy atom. The van der Waals surface area contributed by atoms with Crippen LogP contribution in [0.4, 0.5) is 5.69 Å². The molecule has 0 spiro atoms. The summed E-state index contributed by atoms with van der Waals surface area (Å²) in [6.07, 6.45) is -0.0831. The highest BCUT2D eigenvalue weighted by molar-refractivity contribution is 6.31. The number of aliphatic hydroxyl groups is 1. The highest BCUT2D eigenvalue weighted by Gasteiger charge is 2.66. The van der Waals surface area contributed by atoms with Gasteiger partial charge in [-0.25, -0.2) is 0 Å². The molecule has 0 aliphatic heterocycles. The SMILES string of the molecule is CN(C)c1cc(CNCc2ccc(Cl)cc2)c(O)c2c1C[C@H]1C[C@H]3CC(=O)C(C(N)=O)C(=O)[C@@]3(O)C(=O)C1C2=O. The van der Waals surface area contributed by atoms with Crippen molar-refractivity contribution in [2.75, 3.05) is 19.0 Å². The van der Waals surface area contributed by atoms with Crippen molar-refractivity contribution in [3.63, 3.8) is 0 Å². The number of nitrogens with two attached hydrogens (primary N) is 1. The molecule has 0 saturated heterocycles. The zero-order chi connectivity index (χ0) is 29.1. The van der Waals surface area contributed by atoms with Crippen LogP contribution in [0.1, 0.15) is 39.9 Å². The first-order chi connectivity index (χ1) is 18.9. The number of anilines is 1. The van der Waals surface area contributed by atoms with Crippen LogP contribution in [-0.4, -0.2) is 58.9 Å². The summed E-state index contributed by atoms with van der Waals surface area (Å²) in [7, 11) is 3.61. The highest BCUT2D eigenvalue weighted by Crippen LogP contribution is 2.51. The molecule has 11 heteroatoms. The number of phenolic OH excluding ortho intramolecular Hbond substituents is 1. The minimum absolute atomic E-state index is 0.0167. The molecule has 2 fully saturated rings. The third kappa shape index (κ3) is 4.31. The third-order valence-corrected chi connectivity index (χ3v) is 8.75. The number of aromatic hydroxyl groups is 1. The highest BCUT2D eigenvalue weighted by atomic mass is 35.5. The number of halogens is 1. The van der Waals surface area contributed by atoms with Crippen LogP contribution in [0.15, 0.2) is 30.3 Å². The Hall–Kier alpha value is -3.60. The fourth-order valence-electron chi connectivity index (χ4n) is 6.55. The van der Waals surface area contributed by atoms with Gasteiger partial charge in [0.05, 0.1) is 11.5 Å². The lowest BCUT2D eigenvalue weighted by Crippen LogP contribution is -2.68. The summed E-state index contributed by atoms with van der Waals surface area (Å²) in [6.45, 7) is 0.684. The average molecular weight is 568 g/mol. The number of phenols is 1. The van der Waals surface area contributed by atoms with Gasteiger partial charge >= 0.3 is 0 Å². The van der Waals surface area contributed by atoms with Gasteiger partial charge in [0.15, 0.2) is 34.7 Å².